The van der Waals surface area contributed by atoms with Gasteiger partial charge in [-0.3, -0.25) is 19.3 Å². The molecule has 0 fully saturated rings. The van der Waals surface area contributed by atoms with E-state index >= 15 is 0 Å². The summed E-state index contributed by atoms with van der Waals surface area (Å²) in [6.45, 7) is 1.90. The number of fused-ring (bicyclic) bond motifs is 1. The molecule has 0 aliphatic carbocycles. The summed E-state index contributed by atoms with van der Waals surface area (Å²) in [7, 11) is 0. The van der Waals surface area contributed by atoms with Crippen LogP contribution >= 0.6 is 0 Å². The third kappa shape index (κ3) is 3.21. The van der Waals surface area contributed by atoms with Crippen molar-refractivity contribution in [2.24, 2.45) is 0 Å². The zero-order valence-corrected chi connectivity index (χ0v) is 13.4. The molecule has 0 atom stereocenters. The molecule has 2 aromatic rings. The zero-order chi connectivity index (χ0) is 18.0. The van der Waals surface area contributed by atoms with Crippen molar-refractivity contribution in [1.29, 1.82) is 0 Å². The summed E-state index contributed by atoms with van der Waals surface area (Å²) in [6, 6.07) is 10.5. The fourth-order valence-corrected chi connectivity index (χ4v) is 2.58. The summed E-state index contributed by atoms with van der Waals surface area (Å²) in [5.41, 5.74) is 0.177. The van der Waals surface area contributed by atoms with Gasteiger partial charge in [0, 0.05) is 5.69 Å². The van der Waals surface area contributed by atoms with E-state index in [0.29, 0.717) is 18.0 Å². The van der Waals surface area contributed by atoms with Gasteiger partial charge in [-0.05, 0) is 43.3 Å². The van der Waals surface area contributed by atoms with Crippen LogP contribution in [0.5, 0.6) is 5.75 Å². The molecule has 0 saturated carbocycles. The molecule has 0 bridgehead atoms. The van der Waals surface area contributed by atoms with Crippen LogP contribution in [0.1, 0.15) is 27.6 Å². The molecule has 6 nitrogen and oxygen atoms in total. The third-order valence-corrected chi connectivity index (χ3v) is 3.70. The number of imide groups is 1. The Morgan fingerprint density at radius 3 is 2.48 bits per heavy atom. The maximum atomic E-state index is 13.8. The van der Waals surface area contributed by atoms with Crippen LogP contribution in [0.2, 0.25) is 0 Å². The first-order valence-corrected chi connectivity index (χ1v) is 7.68. The minimum Gasteiger partial charge on any atom is -0.494 e. The van der Waals surface area contributed by atoms with E-state index in [0.717, 1.165) is 11.0 Å². The number of halogens is 1. The van der Waals surface area contributed by atoms with E-state index in [4.69, 9.17) is 4.74 Å². The monoisotopic (exact) mass is 342 g/mol. The number of ether oxygens (including phenoxy) is 1. The highest BCUT2D eigenvalue weighted by atomic mass is 19.1. The maximum Gasteiger partial charge on any atom is 0.265 e. The Morgan fingerprint density at radius 2 is 1.84 bits per heavy atom. The second-order valence-electron chi connectivity index (χ2n) is 5.36. The van der Waals surface area contributed by atoms with Crippen molar-refractivity contribution in [2.45, 2.75) is 6.92 Å². The molecular weight excluding hydrogens is 327 g/mol. The normalized spacial score (nSPS) is 13.0. The van der Waals surface area contributed by atoms with E-state index in [1.54, 1.807) is 24.3 Å². The molecule has 0 unspecified atom stereocenters. The number of carbonyl (C=O) groups is 3. The van der Waals surface area contributed by atoms with E-state index in [1.807, 2.05) is 6.92 Å². The molecule has 1 aliphatic heterocycles. The number of amides is 3. The van der Waals surface area contributed by atoms with Crippen LogP contribution in [0, 0.1) is 5.82 Å². The van der Waals surface area contributed by atoms with E-state index in [2.05, 4.69) is 5.32 Å². The molecule has 0 spiro atoms. The van der Waals surface area contributed by atoms with Crippen LogP contribution in [0.4, 0.5) is 10.1 Å². The van der Waals surface area contributed by atoms with Crippen LogP contribution in [-0.2, 0) is 4.79 Å². The van der Waals surface area contributed by atoms with Gasteiger partial charge in [0.1, 0.15) is 18.1 Å². The number of nitrogens with zero attached hydrogens (tertiary/aromatic N) is 1. The Kier molecular flexibility index (Phi) is 4.47. The van der Waals surface area contributed by atoms with Gasteiger partial charge in [0.2, 0.25) is 5.91 Å². The van der Waals surface area contributed by atoms with Gasteiger partial charge >= 0.3 is 0 Å². The van der Waals surface area contributed by atoms with Crippen molar-refractivity contribution in [1.82, 2.24) is 4.90 Å². The largest absolute Gasteiger partial charge is 0.494 e. The lowest BCUT2D eigenvalue weighted by Crippen LogP contribution is -2.37. The number of carbonyl (C=O) groups excluding carboxylic acids is 3. The number of nitrogens with one attached hydrogen (secondary N) is 1. The number of anilines is 1. The summed E-state index contributed by atoms with van der Waals surface area (Å²) in [6.07, 6.45) is 0. The average Bonchev–Trinajstić information content (AvgIpc) is 2.83. The highest BCUT2D eigenvalue weighted by Gasteiger charge is 2.38. The van der Waals surface area contributed by atoms with Crippen LogP contribution in [0.15, 0.2) is 42.5 Å². The molecule has 1 aliphatic rings. The van der Waals surface area contributed by atoms with Gasteiger partial charge < -0.3 is 10.1 Å². The second-order valence-corrected chi connectivity index (χ2v) is 5.36. The Morgan fingerprint density at radius 1 is 1.12 bits per heavy atom. The first-order valence-electron chi connectivity index (χ1n) is 7.68. The Balaban J connectivity index is 1.69. The van der Waals surface area contributed by atoms with Crippen LogP contribution in [-0.4, -0.2) is 35.8 Å². The molecule has 1 N–H and O–H groups in total. The third-order valence-electron chi connectivity index (χ3n) is 3.70. The Labute approximate surface area is 143 Å². The quantitative estimate of drug-likeness (QED) is 0.847. The molecule has 3 rings (SSSR count). The Bertz CT molecular complexity index is 849. The molecule has 0 radical (unpaired) electrons. The first kappa shape index (κ1) is 16.6. The van der Waals surface area contributed by atoms with E-state index < -0.39 is 30.1 Å². The van der Waals surface area contributed by atoms with Gasteiger partial charge in [-0.2, -0.15) is 0 Å². The summed E-state index contributed by atoms with van der Waals surface area (Å²) in [5.74, 6) is -2.15. The predicted molar refractivity (Wildman–Crippen MR) is 88.0 cm³/mol. The minimum atomic E-state index is -0.806. The fraction of sp³-hybridized carbons (Fsp3) is 0.167. The standard InChI is InChI=1S/C18H15FN2O4/c1-2-25-12-8-6-11(7-9-12)20-15(22)10-21-17(23)13-4-3-5-14(19)16(13)18(21)24/h3-9H,2,10H2,1H3,(H,20,22). The van der Waals surface area contributed by atoms with Gasteiger partial charge in [-0.15, -0.1) is 0 Å². The SMILES string of the molecule is CCOc1ccc(NC(=O)CN2C(=O)c3cccc(F)c3C2=O)cc1. The smallest absolute Gasteiger partial charge is 0.265 e. The first-order chi connectivity index (χ1) is 12.0. The maximum absolute atomic E-state index is 13.8. The lowest BCUT2D eigenvalue weighted by molar-refractivity contribution is -0.116. The summed E-state index contributed by atoms with van der Waals surface area (Å²) in [4.78, 5) is 37.3. The van der Waals surface area contributed by atoms with Crippen molar-refractivity contribution >= 4 is 23.4 Å². The number of hydrogen-bond donors (Lipinski definition) is 1. The van der Waals surface area contributed by atoms with E-state index in [1.165, 1.54) is 12.1 Å². The molecule has 0 saturated heterocycles. The van der Waals surface area contributed by atoms with Gasteiger partial charge in [0.15, 0.2) is 0 Å². The van der Waals surface area contributed by atoms with Crippen LogP contribution in [0.3, 0.4) is 0 Å². The molecule has 7 heteroatoms. The van der Waals surface area contributed by atoms with Crippen LogP contribution < -0.4 is 10.1 Å². The Hall–Kier alpha value is -3.22. The van der Waals surface area contributed by atoms with E-state index in [9.17, 15) is 18.8 Å². The molecular formula is C18H15FN2O4. The van der Waals surface area contributed by atoms with Crippen LogP contribution in [0.25, 0.3) is 0 Å². The van der Waals surface area contributed by atoms with Crippen molar-refractivity contribution < 1.29 is 23.5 Å². The van der Waals surface area contributed by atoms with Crippen molar-refractivity contribution in [3.63, 3.8) is 0 Å². The highest BCUT2D eigenvalue weighted by molar-refractivity contribution is 6.22. The lowest BCUT2D eigenvalue weighted by Gasteiger charge is -2.13. The van der Waals surface area contributed by atoms with Gasteiger partial charge in [-0.1, -0.05) is 6.07 Å². The van der Waals surface area contributed by atoms with Gasteiger partial charge in [0.05, 0.1) is 17.7 Å². The molecule has 25 heavy (non-hydrogen) atoms. The summed E-state index contributed by atoms with van der Waals surface area (Å²) < 4.78 is 19.1. The minimum absolute atomic E-state index is 0.0288. The lowest BCUT2D eigenvalue weighted by atomic mass is 10.1. The van der Waals surface area contributed by atoms with Gasteiger partial charge in [0.25, 0.3) is 11.8 Å². The van der Waals surface area contributed by atoms with Crippen molar-refractivity contribution in [3.05, 3.63) is 59.4 Å². The fourth-order valence-electron chi connectivity index (χ4n) is 2.58. The molecule has 1 heterocycles. The highest BCUT2D eigenvalue weighted by Crippen LogP contribution is 2.25. The predicted octanol–water partition coefficient (Wildman–Crippen LogP) is 2.46. The molecule has 128 valence electrons. The number of hydrogen-bond acceptors (Lipinski definition) is 4. The van der Waals surface area contributed by atoms with Gasteiger partial charge in [-0.25, -0.2) is 4.39 Å². The topological polar surface area (TPSA) is 75.7 Å². The second kappa shape index (κ2) is 6.72. The van der Waals surface area contributed by atoms with E-state index in [-0.39, 0.29) is 11.1 Å². The number of benzene rings is 2. The average molecular weight is 342 g/mol. The van der Waals surface area contributed by atoms with Crippen molar-refractivity contribution in [2.75, 3.05) is 18.5 Å². The number of rotatable bonds is 5. The summed E-state index contributed by atoms with van der Waals surface area (Å²) in [5, 5.41) is 2.59. The summed E-state index contributed by atoms with van der Waals surface area (Å²) >= 11 is 0. The molecule has 2 aromatic carbocycles. The zero-order valence-electron chi connectivity index (χ0n) is 13.4. The molecule has 3 amide bonds. The van der Waals surface area contributed by atoms with Crippen molar-refractivity contribution in [3.8, 4) is 5.75 Å². The molecule has 0 aromatic heterocycles.